The Morgan fingerprint density at radius 3 is 2.62 bits per heavy atom. The lowest BCUT2D eigenvalue weighted by atomic mass is 10.1. The fraction of sp³-hybridized carbons (Fsp3) is 0.778. The van der Waals surface area contributed by atoms with E-state index in [1.54, 1.807) is 6.92 Å². The van der Waals surface area contributed by atoms with E-state index in [-0.39, 0.29) is 5.78 Å². The molecule has 13 heavy (non-hydrogen) atoms. The van der Waals surface area contributed by atoms with Gasteiger partial charge in [-0.3, -0.25) is 4.79 Å². The van der Waals surface area contributed by atoms with E-state index in [2.05, 4.69) is 0 Å². The molecular weight excluding hydrogens is 170 g/mol. The van der Waals surface area contributed by atoms with Crippen LogP contribution in [0.25, 0.3) is 0 Å². The molecule has 3 unspecified atom stereocenters. The van der Waals surface area contributed by atoms with E-state index in [1.807, 2.05) is 0 Å². The van der Waals surface area contributed by atoms with Crippen molar-refractivity contribution in [2.75, 3.05) is 0 Å². The van der Waals surface area contributed by atoms with Crippen molar-refractivity contribution in [2.24, 2.45) is 17.6 Å². The van der Waals surface area contributed by atoms with Crippen molar-refractivity contribution < 1.29 is 14.7 Å². The number of rotatable bonds is 5. The number of carboxylic acid groups (broad SMARTS) is 1. The molecule has 0 aromatic carbocycles. The van der Waals surface area contributed by atoms with E-state index >= 15 is 0 Å². The zero-order valence-electron chi connectivity index (χ0n) is 7.69. The van der Waals surface area contributed by atoms with Gasteiger partial charge < -0.3 is 15.6 Å². The van der Waals surface area contributed by atoms with Gasteiger partial charge in [-0.1, -0.05) is 0 Å². The molecule has 0 spiro atoms. The topological polar surface area (TPSA) is 80.4 Å². The van der Waals surface area contributed by atoms with Crippen molar-refractivity contribution in [3.05, 3.63) is 0 Å². The average Bonchev–Trinajstić information content (AvgIpc) is 2.66. The summed E-state index contributed by atoms with van der Waals surface area (Å²) in [6.45, 7) is 1.56. The van der Waals surface area contributed by atoms with E-state index in [0.717, 1.165) is 6.42 Å². The number of Topliss-reactive ketones (excluding diaryl/α,β-unsaturated/α-hetero) is 1. The van der Waals surface area contributed by atoms with Gasteiger partial charge in [0.05, 0.1) is 0 Å². The molecule has 3 atom stereocenters. The summed E-state index contributed by atoms with van der Waals surface area (Å²) in [4.78, 5) is 21.1. The number of hydrogen-bond donors (Lipinski definition) is 2. The Hall–Kier alpha value is -0.900. The Morgan fingerprint density at radius 2 is 2.15 bits per heavy atom. The number of aliphatic carboxylic acids is 1. The second kappa shape index (κ2) is 3.87. The Balaban J connectivity index is 2.20. The molecule has 1 rings (SSSR count). The largest absolute Gasteiger partial charge is 0.480 e. The third-order valence-corrected chi connectivity index (χ3v) is 2.49. The maximum atomic E-state index is 10.7. The smallest absolute Gasteiger partial charge is 0.320 e. The van der Waals surface area contributed by atoms with Gasteiger partial charge >= 0.3 is 5.97 Å². The Kier molecular flexibility index (Phi) is 3.03. The second-order valence-corrected chi connectivity index (χ2v) is 3.84. The van der Waals surface area contributed by atoms with Crippen LogP contribution in [0.3, 0.4) is 0 Å². The summed E-state index contributed by atoms with van der Waals surface area (Å²) >= 11 is 0. The van der Waals surface area contributed by atoms with Crippen LogP contribution in [0.1, 0.15) is 26.2 Å². The van der Waals surface area contributed by atoms with Gasteiger partial charge in [0.2, 0.25) is 0 Å². The average molecular weight is 185 g/mol. The first-order valence-electron chi connectivity index (χ1n) is 4.48. The number of carbonyl (C=O) groups is 2. The molecular formula is C9H15NO3. The monoisotopic (exact) mass is 185 g/mol. The van der Waals surface area contributed by atoms with Crippen LogP contribution in [0.15, 0.2) is 0 Å². The quantitative estimate of drug-likeness (QED) is 0.649. The third kappa shape index (κ3) is 3.14. The molecule has 1 fully saturated rings. The zero-order valence-corrected chi connectivity index (χ0v) is 7.69. The van der Waals surface area contributed by atoms with Crippen LogP contribution >= 0.6 is 0 Å². The van der Waals surface area contributed by atoms with Crippen LogP contribution in [0.4, 0.5) is 0 Å². The molecule has 0 amide bonds. The maximum absolute atomic E-state index is 10.7. The number of ketones is 1. The molecule has 1 aliphatic carbocycles. The minimum atomic E-state index is -0.950. The van der Waals surface area contributed by atoms with Crippen molar-refractivity contribution in [3.8, 4) is 0 Å². The number of carbonyl (C=O) groups excluding carboxylic acids is 1. The van der Waals surface area contributed by atoms with Crippen molar-refractivity contribution >= 4 is 11.8 Å². The molecule has 0 bridgehead atoms. The van der Waals surface area contributed by atoms with Crippen LogP contribution in [0.5, 0.6) is 0 Å². The van der Waals surface area contributed by atoms with Crippen molar-refractivity contribution in [1.82, 2.24) is 0 Å². The Morgan fingerprint density at radius 1 is 1.54 bits per heavy atom. The molecule has 0 radical (unpaired) electrons. The van der Waals surface area contributed by atoms with Gasteiger partial charge in [-0.15, -0.1) is 0 Å². The van der Waals surface area contributed by atoms with Gasteiger partial charge in [-0.2, -0.15) is 0 Å². The number of hydrogen-bond acceptors (Lipinski definition) is 3. The SMILES string of the molecule is CC(=O)CC1CC1CC(N)C(=O)O. The summed E-state index contributed by atoms with van der Waals surface area (Å²) in [5.74, 6) is -0.0252. The van der Waals surface area contributed by atoms with Gasteiger partial charge in [-0.25, -0.2) is 0 Å². The van der Waals surface area contributed by atoms with Crippen LogP contribution in [0.2, 0.25) is 0 Å². The predicted molar refractivity (Wildman–Crippen MR) is 47.1 cm³/mol. The minimum absolute atomic E-state index is 0.177. The minimum Gasteiger partial charge on any atom is -0.480 e. The number of nitrogens with two attached hydrogens (primary N) is 1. The molecule has 0 saturated heterocycles. The molecule has 0 heterocycles. The highest BCUT2D eigenvalue weighted by Gasteiger charge is 2.39. The molecule has 3 N–H and O–H groups in total. The van der Waals surface area contributed by atoms with Gasteiger partial charge in [0, 0.05) is 6.42 Å². The van der Waals surface area contributed by atoms with Gasteiger partial charge in [0.25, 0.3) is 0 Å². The highest BCUT2D eigenvalue weighted by Crippen LogP contribution is 2.44. The molecule has 1 aliphatic rings. The van der Waals surface area contributed by atoms with Crippen molar-refractivity contribution in [3.63, 3.8) is 0 Å². The summed E-state index contributed by atoms with van der Waals surface area (Å²) in [5.41, 5.74) is 5.37. The highest BCUT2D eigenvalue weighted by atomic mass is 16.4. The zero-order chi connectivity index (χ0) is 10.0. The first-order valence-corrected chi connectivity index (χ1v) is 4.48. The van der Waals surface area contributed by atoms with Gasteiger partial charge in [0.1, 0.15) is 11.8 Å². The number of carboxylic acids is 1. The van der Waals surface area contributed by atoms with Gasteiger partial charge in [0.15, 0.2) is 0 Å². The van der Waals surface area contributed by atoms with E-state index in [9.17, 15) is 9.59 Å². The lowest BCUT2D eigenvalue weighted by Gasteiger charge is -2.04. The predicted octanol–water partition coefficient (Wildman–Crippen LogP) is 0.404. The first kappa shape index (κ1) is 10.2. The second-order valence-electron chi connectivity index (χ2n) is 3.84. The molecule has 4 heteroatoms. The summed E-state index contributed by atoms with van der Waals surface area (Å²) in [7, 11) is 0. The van der Waals surface area contributed by atoms with E-state index in [1.165, 1.54) is 0 Å². The standard InChI is InChI=1S/C9H15NO3/c1-5(11)2-6-3-7(6)4-8(10)9(12)13/h6-8H,2-4,10H2,1H3,(H,12,13). The maximum Gasteiger partial charge on any atom is 0.320 e. The lowest BCUT2D eigenvalue weighted by molar-refractivity contribution is -0.138. The summed E-state index contributed by atoms with van der Waals surface area (Å²) in [5, 5.41) is 8.53. The molecule has 0 aliphatic heterocycles. The molecule has 4 nitrogen and oxygen atoms in total. The van der Waals surface area contributed by atoms with Gasteiger partial charge in [-0.05, 0) is 31.6 Å². The molecule has 1 saturated carbocycles. The van der Waals surface area contributed by atoms with Crippen LogP contribution < -0.4 is 5.73 Å². The van der Waals surface area contributed by atoms with E-state index in [4.69, 9.17) is 10.8 Å². The van der Waals surface area contributed by atoms with E-state index < -0.39 is 12.0 Å². The van der Waals surface area contributed by atoms with Crippen LogP contribution in [-0.2, 0) is 9.59 Å². The Labute approximate surface area is 77.1 Å². The fourth-order valence-electron chi connectivity index (χ4n) is 1.65. The van der Waals surface area contributed by atoms with Crippen molar-refractivity contribution in [2.45, 2.75) is 32.2 Å². The molecule has 0 aromatic rings. The van der Waals surface area contributed by atoms with Crippen LogP contribution in [-0.4, -0.2) is 22.9 Å². The first-order chi connectivity index (χ1) is 6.00. The summed E-state index contributed by atoms with van der Waals surface area (Å²) in [6, 6.07) is -0.762. The summed E-state index contributed by atoms with van der Waals surface area (Å²) < 4.78 is 0. The third-order valence-electron chi connectivity index (χ3n) is 2.49. The Bertz CT molecular complexity index is 227. The normalized spacial score (nSPS) is 28.2. The molecule has 0 aromatic heterocycles. The van der Waals surface area contributed by atoms with Crippen LogP contribution in [0, 0.1) is 11.8 Å². The highest BCUT2D eigenvalue weighted by molar-refractivity contribution is 5.76. The summed E-state index contributed by atoms with van der Waals surface area (Å²) in [6.07, 6.45) is 2.05. The van der Waals surface area contributed by atoms with Crippen molar-refractivity contribution in [1.29, 1.82) is 0 Å². The lowest BCUT2D eigenvalue weighted by Crippen LogP contribution is -2.30. The van der Waals surface area contributed by atoms with E-state index in [0.29, 0.717) is 24.7 Å². The molecule has 74 valence electrons. The fourth-order valence-corrected chi connectivity index (χ4v) is 1.65.